The first kappa shape index (κ1) is 7.21. The summed E-state index contributed by atoms with van der Waals surface area (Å²) in [5.41, 5.74) is 5.85. The molecular weight excluding hydrogens is 154 g/mol. The van der Waals surface area contributed by atoms with Crippen LogP contribution in [0.15, 0.2) is 23.5 Å². The van der Waals surface area contributed by atoms with E-state index in [-0.39, 0.29) is 5.91 Å². The molecule has 0 spiro atoms. The monoisotopic (exact) mass is 165 g/mol. The van der Waals surface area contributed by atoms with Crippen molar-refractivity contribution in [1.82, 2.24) is 10.2 Å². The summed E-state index contributed by atoms with van der Waals surface area (Å²) in [6, 6.07) is 0. The summed E-state index contributed by atoms with van der Waals surface area (Å²) in [7, 11) is 0. The number of primary amides is 1. The van der Waals surface area contributed by atoms with Crippen LogP contribution in [0.4, 0.5) is 0 Å². The van der Waals surface area contributed by atoms with Gasteiger partial charge in [0.25, 0.3) is 0 Å². The molecule has 2 rings (SSSR count). The SMILES string of the molecule is NC(=O)C1=CC=C2NCCN2C1. The molecule has 3 N–H and O–H groups in total. The average molecular weight is 165 g/mol. The van der Waals surface area contributed by atoms with Crippen molar-refractivity contribution in [2.75, 3.05) is 19.6 Å². The molecular formula is C8H11N3O. The van der Waals surface area contributed by atoms with Gasteiger partial charge in [-0.15, -0.1) is 0 Å². The molecule has 0 bridgehead atoms. The van der Waals surface area contributed by atoms with Gasteiger partial charge in [-0.05, 0) is 12.2 Å². The first-order valence-corrected chi connectivity index (χ1v) is 3.97. The summed E-state index contributed by atoms with van der Waals surface area (Å²) in [6.45, 7) is 2.55. The number of carbonyl (C=O) groups is 1. The number of carbonyl (C=O) groups excluding carboxylic acids is 1. The smallest absolute Gasteiger partial charge is 0.246 e. The summed E-state index contributed by atoms with van der Waals surface area (Å²) in [4.78, 5) is 12.9. The third-order valence-electron chi connectivity index (χ3n) is 2.15. The zero-order chi connectivity index (χ0) is 8.55. The number of nitrogens with two attached hydrogens (primary N) is 1. The summed E-state index contributed by atoms with van der Waals surface area (Å²) in [6.07, 6.45) is 3.68. The Balaban J connectivity index is 2.20. The average Bonchev–Trinajstić information content (AvgIpc) is 2.49. The lowest BCUT2D eigenvalue weighted by molar-refractivity contribution is -0.114. The third-order valence-corrected chi connectivity index (χ3v) is 2.15. The number of rotatable bonds is 1. The Morgan fingerprint density at radius 1 is 1.58 bits per heavy atom. The number of fused-ring (bicyclic) bond motifs is 1. The van der Waals surface area contributed by atoms with Crippen LogP contribution in [0.2, 0.25) is 0 Å². The molecule has 1 saturated heterocycles. The molecule has 0 radical (unpaired) electrons. The van der Waals surface area contributed by atoms with Gasteiger partial charge in [-0.3, -0.25) is 4.79 Å². The van der Waals surface area contributed by atoms with E-state index >= 15 is 0 Å². The molecule has 2 aliphatic heterocycles. The minimum Gasteiger partial charge on any atom is -0.370 e. The Morgan fingerprint density at radius 2 is 2.42 bits per heavy atom. The highest BCUT2D eigenvalue weighted by molar-refractivity contribution is 5.93. The van der Waals surface area contributed by atoms with Crippen LogP contribution in [0.1, 0.15) is 0 Å². The molecule has 0 aliphatic carbocycles. The van der Waals surface area contributed by atoms with Crippen LogP contribution in [0, 0.1) is 0 Å². The third kappa shape index (κ3) is 1.05. The van der Waals surface area contributed by atoms with E-state index in [0.29, 0.717) is 12.1 Å². The predicted octanol–water partition coefficient (Wildman–Crippen LogP) is -0.842. The second-order valence-corrected chi connectivity index (χ2v) is 2.96. The fourth-order valence-electron chi connectivity index (χ4n) is 1.48. The minimum absolute atomic E-state index is 0.322. The quantitative estimate of drug-likeness (QED) is 0.532. The Bertz CT molecular complexity index is 280. The molecule has 2 heterocycles. The molecule has 0 unspecified atom stereocenters. The molecule has 0 aromatic carbocycles. The fourth-order valence-corrected chi connectivity index (χ4v) is 1.48. The summed E-state index contributed by atoms with van der Waals surface area (Å²) in [5, 5.41) is 3.21. The highest BCUT2D eigenvalue weighted by Gasteiger charge is 2.21. The lowest BCUT2D eigenvalue weighted by Crippen LogP contribution is -2.30. The number of allylic oxidation sites excluding steroid dienone is 2. The second-order valence-electron chi connectivity index (χ2n) is 2.96. The number of hydrogen-bond acceptors (Lipinski definition) is 3. The maximum absolute atomic E-state index is 10.8. The van der Waals surface area contributed by atoms with Crippen LogP contribution in [-0.2, 0) is 4.79 Å². The van der Waals surface area contributed by atoms with Crippen LogP contribution in [0.5, 0.6) is 0 Å². The van der Waals surface area contributed by atoms with E-state index in [0.717, 1.165) is 18.9 Å². The number of hydrogen-bond donors (Lipinski definition) is 2. The van der Waals surface area contributed by atoms with Gasteiger partial charge in [0.15, 0.2) is 0 Å². The van der Waals surface area contributed by atoms with Crippen molar-refractivity contribution < 1.29 is 4.79 Å². The van der Waals surface area contributed by atoms with Gasteiger partial charge in [0.05, 0.1) is 0 Å². The number of nitrogens with zero attached hydrogens (tertiary/aromatic N) is 1. The molecule has 1 fully saturated rings. The zero-order valence-electron chi connectivity index (χ0n) is 6.71. The molecule has 0 atom stereocenters. The molecule has 4 heteroatoms. The van der Waals surface area contributed by atoms with Gasteiger partial charge in [0.1, 0.15) is 5.82 Å². The van der Waals surface area contributed by atoms with Crippen molar-refractivity contribution in [3.63, 3.8) is 0 Å². The van der Waals surface area contributed by atoms with Gasteiger partial charge in [-0.2, -0.15) is 0 Å². The van der Waals surface area contributed by atoms with Crippen molar-refractivity contribution in [3.8, 4) is 0 Å². The van der Waals surface area contributed by atoms with Crippen molar-refractivity contribution in [3.05, 3.63) is 23.5 Å². The molecule has 0 aromatic rings. The molecule has 64 valence electrons. The minimum atomic E-state index is -0.322. The van der Waals surface area contributed by atoms with Crippen molar-refractivity contribution in [2.45, 2.75) is 0 Å². The van der Waals surface area contributed by atoms with Crippen LogP contribution < -0.4 is 11.1 Å². The maximum atomic E-state index is 10.8. The lowest BCUT2D eigenvalue weighted by atomic mass is 10.1. The van der Waals surface area contributed by atoms with Gasteiger partial charge >= 0.3 is 0 Å². The van der Waals surface area contributed by atoms with Crippen LogP contribution >= 0.6 is 0 Å². The van der Waals surface area contributed by atoms with Gasteiger partial charge in [-0.1, -0.05) is 0 Å². The van der Waals surface area contributed by atoms with E-state index < -0.39 is 0 Å². The van der Waals surface area contributed by atoms with Gasteiger partial charge in [-0.25, -0.2) is 0 Å². The molecule has 0 saturated carbocycles. The van der Waals surface area contributed by atoms with E-state index in [1.165, 1.54) is 0 Å². The summed E-state index contributed by atoms with van der Waals surface area (Å²) in [5.74, 6) is 0.775. The van der Waals surface area contributed by atoms with E-state index in [4.69, 9.17) is 5.73 Å². The van der Waals surface area contributed by atoms with Gasteiger partial charge in [0.2, 0.25) is 5.91 Å². The van der Waals surface area contributed by atoms with Crippen LogP contribution in [0.25, 0.3) is 0 Å². The van der Waals surface area contributed by atoms with E-state index in [2.05, 4.69) is 10.2 Å². The summed E-state index contributed by atoms with van der Waals surface area (Å²) >= 11 is 0. The lowest BCUT2D eigenvalue weighted by Gasteiger charge is -2.22. The highest BCUT2D eigenvalue weighted by atomic mass is 16.1. The zero-order valence-corrected chi connectivity index (χ0v) is 6.71. The van der Waals surface area contributed by atoms with Crippen molar-refractivity contribution in [2.24, 2.45) is 5.73 Å². The molecule has 4 nitrogen and oxygen atoms in total. The van der Waals surface area contributed by atoms with E-state index in [1.807, 2.05) is 6.08 Å². The molecule has 1 amide bonds. The first-order chi connectivity index (χ1) is 5.77. The van der Waals surface area contributed by atoms with E-state index in [1.54, 1.807) is 6.08 Å². The Labute approximate surface area is 70.7 Å². The Kier molecular flexibility index (Phi) is 1.53. The topological polar surface area (TPSA) is 58.4 Å². The number of nitrogens with one attached hydrogen (secondary N) is 1. The normalized spacial score (nSPS) is 20.8. The van der Waals surface area contributed by atoms with Crippen molar-refractivity contribution in [1.29, 1.82) is 0 Å². The standard InChI is InChI=1S/C8H11N3O/c9-8(12)6-1-2-7-10-3-4-11(7)5-6/h1-2,10H,3-5H2,(H2,9,12). The number of amides is 1. The van der Waals surface area contributed by atoms with Crippen LogP contribution in [-0.4, -0.2) is 30.4 Å². The van der Waals surface area contributed by atoms with Crippen molar-refractivity contribution >= 4 is 5.91 Å². The molecule has 0 aromatic heterocycles. The van der Waals surface area contributed by atoms with Gasteiger partial charge < -0.3 is 16.0 Å². The van der Waals surface area contributed by atoms with E-state index in [9.17, 15) is 4.79 Å². The Hall–Kier alpha value is -1.45. The molecule has 12 heavy (non-hydrogen) atoms. The van der Waals surface area contributed by atoms with Crippen LogP contribution in [0.3, 0.4) is 0 Å². The fraction of sp³-hybridized carbons (Fsp3) is 0.375. The molecule has 2 aliphatic rings. The maximum Gasteiger partial charge on any atom is 0.246 e. The predicted molar refractivity (Wildman–Crippen MR) is 44.9 cm³/mol. The summed E-state index contributed by atoms with van der Waals surface area (Å²) < 4.78 is 0. The second kappa shape index (κ2) is 2.55. The Morgan fingerprint density at radius 3 is 3.17 bits per heavy atom. The van der Waals surface area contributed by atoms with Gasteiger partial charge in [0, 0.05) is 25.2 Å². The highest BCUT2D eigenvalue weighted by Crippen LogP contribution is 2.15. The first-order valence-electron chi connectivity index (χ1n) is 3.97. The largest absolute Gasteiger partial charge is 0.370 e.